The number of allylic oxidation sites excluding steroid dienone is 2. The number of nitrogens with zero attached hydrogens (tertiary/aromatic N) is 1. The van der Waals surface area contributed by atoms with Crippen molar-refractivity contribution < 1.29 is 9.53 Å². The maximum absolute atomic E-state index is 12.1. The Morgan fingerprint density at radius 2 is 2.17 bits per heavy atom. The minimum absolute atomic E-state index is 0.0637. The third-order valence-corrected chi connectivity index (χ3v) is 3.69. The molecule has 1 heterocycles. The first-order valence-electron chi connectivity index (χ1n) is 7.34. The van der Waals surface area contributed by atoms with E-state index in [2.05, 4.69) is 22.3 Å². The summed E-state index contributed by atoms with van der Waals surface area (Å²) in [5, 5.41) is 6.36. The fraction of sp³-hybridized carbons (Fsp3) is 0.294. The molecule has 23 heavy (non-hydrogen) atoms. The van der Waals surface area contributed by atoms with Crippen LogP contribution in [0.3, 0.4) is 0 Å². The highest BCUT2D eigenvalue weighted by atomic mass is 35.5. The molecule has 1 aromatic rings. The van der Waals surface area contributed by atoms with Gasteiger partial charge in [-0.05, 0) is 37.4 Å². The van der Waals surface area contributed by atoms with Crippen LogP contribution < -0.4 is 10.6 Å². The number of halogens is 1. The highest BCUT2D eigenvalue weighted by molar-refractivity contribution is 6.29. The lowest BCUT2D eigenvalue weighted by Gasteiger charge is -2.24. The van der Waals surface area contributed by atoms with Crippen molar-refractivity contribution >= 4 is 29.9 Å². The number of hydrogen-bond donors (Lipinski definition) is 2. The Morgan fingerprint density at radius 1 is 1.43 bits per heavy atom. The topological polar surface area (TPSA) is 62.7 Å². The van der Waals surface area contributed by atoms with Crippen LogP contribution >= 0.6 is 11.6 Å². The van der Waals surface area contributed by atoms with Gasteiger partial charge in [-0.3, -0.25) is 9.79 Å². The lowest BCUT2D eigenvalue weighted by Crippen LogP contribution is -2.33. The molecule has 0 aromatic heterocycles. The Morgan fingerprint density at radius 3 is 2.78 bits per heavy atom. The molecule has 1 fully saturated rings. The Kier molecular flexibility index (Phi) is 6.52. The van der Waals surface area contributed by atoms with Gasteiger partial charge < -0.3 is 15.4 Å². The highest BCUT2D eigenvalue weighted by Gasteiger charge is 2.15. The molecule has 0 aliphatic carbocycles. The molecule has 1 aromatic carbocycles. The SMILES string of the molecule is C=N/C(Cl)=C\C=C(/C)C(=O)Nc1ccc([C@@H]2CNCCO2)cc1. The normalized spacial score (nSPS) is 19.3. The van der Waals surface area contributed by atoms with Gasteiger partial charge in [0.25, 0.3) is 5.91 Å². The van der Waals surface area contributed by atoms with Crippen molar-refractivity contribution in [1.29, 1.82) is 0 Å². The van der Waals surface area contributed by atoms with Gasteiger partial charge in [0.05, 0.1) is 12.7 Å². The molecule has 1 amide bonds. The number of amides is 1. The molecule has 1 aliphatic heterocycles. The van der Waals surface area contributed by atoms with E-state index in [0.717, 1.165) is 24.3 Å². The van der Waals surface area contributed by atoms with Gasteiger partial charge in [-0.15, -0.1) is 0 Å². The van der Waals surface area contributed by atoms with Crippen molar-refractivity contribution in [2.24, 2.45) is 4.99 Å². The fourth-order valence-corrected chi connectivity index (χ4v) is 2.18. The van der Waals surface area contributed by atoms with Crippen molar-refractivity contribution in [3.8, 4) is 0 Å². The first-order valence-corrected chi connectivity index (χ1v) is 7.72. The molecule has 5 nitrogen and oxygen atoms in total. The van der Waals surface area contributed by atoms with Gasteiger partial charge in [0.1, 0.15) is 5.16 Å². The van der Waals surface area contributed by atoms with Crippen LogP contribution in [0.25, 0.3) is 0 Å². The van der Waals surface area contributed by atoms with E-state index in [9.17, 15) is 4.79 Å². The van der Waals surface area contributed by atoms with Crippen molar-refractivity contribution in [2.75, 3.05) is 25.0 Å². The van der Waals surface area contributed by atoms with E-state index >= 15 is 0 Å². The number of rotatable bonds is 5. The predicted molar refractivity (Wildman–Crippen MR) is 93.9 cm³/mol. The lowest BCUT2D eigenvalue weighted by molar-refractivity contribution is -0.112. The first-order chi connectivity index (χ1) is 11.1. The maximum Gasteiger partial charge on any atom is 0.251 e. The molecule has 1 atom stereocenters. The van der Waals surface area contributed by atoms with Crippen LogP contribution in [0.5, 0.6) is 0 Å². The third kappa shape index (κ3) is 5.32. The van der Waals surface area contributed by atoms with Gasteiger partial charge in [0.2, 0.25) is 0 Å². The van der Waals surface area contributed by atoms with Crippen molar-refractivity contribution in [3.05, 3.63) is 52.7 Å². The van der Waals surface area contributed by atoms with Crippen molar-refractivity contribution in [1.82, 2.24) is 5.32 Å². The summed E-state index contributed by atoms with van der Waals surface area (Å²) in [6.45, 7) is 7.41. The van der Waals surface area contributed by atoms with E-state index in [1.54, 1.807) is 13.0 Å². The summed E-state index contributed by atoms with van der Waals surface area (Å²) in [6.07, 6.45) is 3.19. The van der Waals surface area contributed by atoms with Crippen LogP contribution in [0.2, 0.25) is 0 Å². The van der Waals surface area contributed by atoms with Crippen LogP contribution in [-0.4, -0.2) is 32.3 Å². The summed E-state index contributed by atoms with van der Waals surface area (Å²) < 4.78 is 5.70. The molecular formula is C17H20ClN3O2. The largest absolute Gasteiger partial charge is 0.371 e. The Hall–Kier alpha value is -1.95. The predicted octanol–water partition coefficient (Wildman–Crippen LogP) is 3.01. The first kappa shape index (κ1) is 17.4. The molecule has 0 spiro atoms. The number of carbonyl (C=O) groups is 1. The van der Waals surface area contributed by atoms with Crippen LogP contribution in [0.4, 0.5) is 5.69 Å². The number of morpholine rings is 1. The minimum Gasteiger partial charge on any atom is -0.371 e. The average molecular weight is 334 g/mol. The summed E-state index contributed by atoms with van der Waals surface area (Å²) in [7, 11) is 0. The zero-order chi connectivity index (χ0) is 16.7. The zero-order valence-electron chi connectivity index (χ0n) is 13.0. The number of carbonyl (C=O) groups excluding carboxylic acids is 1. The summed E-state index contributed by atoms with van der Waals surface area (Å²) in [6, 6.07) is 7.66. The van der Waals surface area contributed by atoms with Gasteiger partial charge in [0.15, 0.2) is 0 Å². The Bertz CT molecular complexity index is 617. The monoisotopic (exact) mass is 333 g/mol. The molecule has 2 N–H and O–H groups in total. The summed E-state index contributed by atoms with van der Waals surface area (Å²) in [5.41, 5.74) is 2.34. The summed E-state index contributed by atoms with van der Waals surface area (Å²) in [5.74, 6) is -0.196. The van der Waals surface area contributed by atoms with E-state index in [0.29, 0.717) is 12.2 Å². The molecule has 0 unspecified atom stereocenters. The Labute approximate surface area is 141 Å². The lowest BCUT2D eigenvalue weighted by atomic mass is 10.1. The van der Waals surface area contributed by atoms with Crippen LogP contribution in [-0.2, 0) is 9.53 Å². The standard InChI is InChI=1S/C17H20ClN3O2/c1-12(3-8-16(18)19-2)17(22)21-14-6-4-13(5-7-14)15-11-20-9-10-23-15/h3-8,15,20H,2,9-11H2,1H3,(H,21,22)/b12-3+,16-8-/t15-/m0/s1. The van der Waals surface area contributed by atoms with Crippen LogP contribution in [0, 0.1) is 0 Å². The quantitative estimate of drug-likeness (QED) is 0.377. The molecule has 1 saturated heterocycles. The second kappa shape index (κ2) is 8.62. The molecule has 122 valence electrons. The number of nitrogens with one attached hydrogen (secondary N) is 2. The molecule has 1 aliphatic rings. The number of benzene rings is 1. The zero-order valence-corrected chi connectivity index (χ0v) is 13.8. The summed E-state index contributed by atoms with van der Waals surface area (Å²) >= 11 is 5.70. The van der Waals surface area contributed by atoms with E-state index in [-0.39, 0.29) is 17.2 Å². The molecule has 0 saturated carbocycles. The number of hydrogen-bond acceptors (Lipinski definition) is 4. The third-order valence-electron chi connectivity index (χ3n) is 3.45. The van der Waals surface area contributed by atoms with E-state index in [1.807, 2.05) is 24.3 Å². The number of anilines is 1. The molecule has 0 radical (unpaired) electrons. The Balaban J connectivity index is 1.97. The highest BCUT2D eigenvalue weighted by Crippen LogP contribution is 2.21. The van der Waals surface area contributed by atoms with E-state index in [1.165, 1.54) is 6.08 Å². The second-order valence-corrected chi connectivity index (χ2v) is 5.52. The molecule has 2 rings (SSSR count). The van der Waals surface area contributed by atoms with Crippen LogP contribution in [0.1, 0.15) is 18.6 Å². The van der Waals surface area contributed by atoms with Crippen molar-refractivity contribution in [3.63, 3.8) is 0 Å². The van der Waals surface area contributed by atoms with Gasteiger partial charge in [-0.1, -0.05) is 29.8 Å². The number of aliphatic imine (C=N–C) groups is 1. The second-order valence-electron chi connectivity index (χ2n) is 5.14. The van der Waals surface area contributed by atoms with Gasteiger partial charge in [0, 0.05) is 24.4 Å². The molecular weight excluding hydrogens is 314 g/mol. The fourth-order valence-electron chi connectivity index (χ4n) is 2.11. The molecule has 0 bridgehead atoms. The van der Waals surface area contributed by atoms with Gasteiger partial charge in [-0.25, -0.2) is 0 Å². The van der Waals surface area contributed by atoms with Crippen LogP contribution in [0.15, 0.2) is 52.1 Å². The van der Waals surface area contributed by atoms with E-state index in [4.69, 9.17) is 16.3 Å². The van der Waals surface area contributed by atoms with Gasteiger partial charge in [-0.2, -0.15) is 0 Å². The smallest absolute Gasteiger partial charge is 0.251 e. The van der Waals surface area contributed by atoms with Crippen molar-refractivity contribution in [2.45, 2.75) is 13.0 Å². The minimum atomic E-state index is -0.196. The van der Waals surface area contributed by atoms with E-state index < -0.39 is 0 Å². The maximum atomic E-state index is 12.1. The van der Waals surface area contributed by atoms with Gasteiger partial charge >= 0.3 is 0 Å². The number of ether oxygens (including phenoxy) is 1. The summed E-state index contributed by atoms with van der Waals surface area (Å²) in [4.78, 5) is 15.6. The average Bonchev–Trinajstić information content (AvgIpc) is 2.60. The molecule has 6 heteroatoms.